The van der Waals surface area contributed by atoms with Gasteiger partial charge in [-0.15, -0.1) is 0 Å². The molecule has 0 saturated heterocycles. The fraction of sp³-hybridized carbons (Fsp3) is 0.571. The Morgan fingerprint density at radius 1 is 1.39 bits per heavy atom. The number of halogens is 1. The Balaban J connectivity index is 2.43. The zero-order valence-electron chi connectivity index (χ0n) is 11.4. The summed E-state index contributed by atoms with van der Waals surface area (Å²) in [6, 6.07) is 5.89. The van der Waals surface area contributed by atoms with Crippen molar-refractivity contribution < 1.29 is 4.74 Å². The second-order valence-corrected chi connectivity index (χ2v) is 6.22. The van der Waals surface area contributed by atoms with Crippen LogP contribution in [0.1, 0.15) is 25.8 Å². The molecule has 0 atom stereocenters. The van der Waals surface area contributed by atoms with E-state index in [1.807, 2.05) is 18.2 Å². The Bertz CT molecular complexity index is 380. The summed E-state index contributed by atoms with van der Waals surface area (Å²) in [5.41, 5.74) is 8.02. The molecule has 0 fully saturated rings. The first-order valence-corrected chi connectivity index (χ1v) is 6.97. The minimum Gasteiger partial charge on any atom is -0.399 e. The maximum atomic E-state index is 5.79. The predicted octanol–water partition coefficient (Wildman–Crippen LogP) is 3.18. The van der Waals surface area contributed by atoms with E-state index in [-0.39, 0.29) is 5.41 Å². The molecule has 0 aliphatic rings. The highest BCUT2D eigenvalue weighted by Crippen LogP contribution is 2.21. The van der Waals surface area contributed by atoms with Crippen LogP contribution in [0.15, 0.2) is 22.7 Å². The molecule has 1 aromatic carbocycles. The van der Waals surface area contributed by atoms with Crippen molar-refractivity contribution in [2.24, 2.45) is 5.41 Å². The molecule has 3 N–H and O–H groups in total. The van der Waals surface area contributed by atoms with E-state index >= 15 is 0 Å². The molecule has 0 radical (unpaired) electrons. The molecule has 0 aliphatic carbocycles. The van der Waals surface area contributed by atoms with Crippen LogP contribution in [-0.4, -0.2) is 20.3 Å². The van der Waals surface area contributed by atoms with Crippen LogP contribution in [-0.2, 0) is 11.3 Å². The summed E-state index contributed by atoms with van der Waals surface area (Å²) in [5.74, 6) is 0. The number of anilines is 1. The Kier molecular flexibility index (Phi) is 6.12. The zero-order chi connectivity index (χ0) is 13.6. The average Bonchev–Trinajstić information content (AvgIpc) is 2.31. The van der Waals surface area contributed by atoms with E-state index in [1.54, 1.807) is 7.11 Å². The summed E-state index contributed by atoms with van der Waals surface area (Å²) in [5, 5.41) is 3.48. The highest BCUT2D eigenvalue weighted by atomic mass is 79.9. The van der Waals surface area contributed by atoms with Gasteiger partial charge < -0.3 is 15.8 Å². The van der Waals surface area contributed by atoms with Crippen molar-refractivity contribution in [3.63, 3.8) is 0 Å². The monoisotopic (exact) mass is 314 g/mol. The van der Waals surface area contributed by atoms with Gasteiger partial charge in [-0.2, -0.15) is 0 Å². The van der Waals surface area contributed by atoms with Crippen molar-refractivity contribution in [3.8, 4) is 0 Å². The third-order valence-electron chi connectivity index (χ3n) is 2.97. The molecule has 1 rings (SSSR count). The molecular weight excluding hydrogens is 292 g/mol. The molecule has 1 aromatic rings. The van der Waals surface area contributed by atoms with Gasteiger partial charge in [0.15, 0.2) is 0 Å². The van der Waals surface area contributed by atoms with Crippen molar-refractivity contribution in [2.75, 3.05) is 26.0 Å². The SMILES string of the molecule is COCCC(C)(C)CNCc1cc(N)ccc1Br. The topological polar surface area (TPSA) is 47.3 Å². The molecule has 18 heavy (non-hydrogen) atoms. The van der Waals surface area contributed by atoms with E-state index in [2.05, 4.69) is 35.1 Å². The number of rotatable bonds is 7. The summed E-state index contributed by atoms with van der Waals surface area (Å²) in [4.78, 5) is 0. The number of hydrogen-bond donors (Lipinski definition) is 2. The van der Waals surface area contributed by atoms with E-state index < -0.39 is 0 Å². The number of nitrogen functional groups attached to an aromatic ring is 1. The van der Waals surface area contributed by atoms with Crippen molar-refractivity contribution in [1.82, 2.24) is 5.32 Å². The summed E-state index contributed by atoms with van der Waals surface area (Å²) < 4.78 is 6.22. The largest absolute Gasteiger partial charge is 0.399 e. The Morgan fingerprint density at radius 3 is 2.78 bits per heavy atom. The van der Waals surface area contributed by atoms with Crippen LogP contribution in [0.3, 0.4) is 0 Å². The number of ether oxygens (including phenoxy) is 1. The Hall–Kier alpha value is -0.580. The van der Waals surface area contributed by atoms with Crippen molar-refractivity contribution in [3.05, 3.63) is 28.2 Å². The third kappa shape index (κ3) is 5.38. The van der Waals surface area contributed by atoms with Crippen LogP contribution in [0.2, 0.25) is 0 Å². The van der Waals surface area contributed by atoms with Gasteiger partial charge in [0.25, 0.3) is 0 Å². The normalized spacial score (nSPS) is 11.8. The molecule has 0 spiro atoms. The summed E-state index contributed by atoms with van der Waals surface area (Å²) in [6.45, 7) is 7.07. The van der Waals surface area contributed by atoms with E-state index in [4.69, 9.17) is 10.5 Å². The molecule has 0 aliphatic heterocycles. The van der Waals surface area contributed by atoms with Crippen LogP contribution in [0, 0.1) is 5.41 Å². The highest BCUT2D eigenvalue weighted by Gasteiger charge is 2.16. The molecule has 0 aromatic heterocycles. The molecule has 0 saturated carbocycles. The van der Waals surface area contributed by atoms with Gasteiger partial charge in [-0.25, -0.2) is 0 Å². The molecule has 0 bridgehead atoms. The van der Waals surface area contributed by atoms with E-state index in [0.717, 1.165) is 36.3 Å². The molecule has 0 unspecified atom stereocenters. The fourth-order valence-corrected chi connectivity index (χ4v) is 2.12. The number of hydrogen-bond acceptors (Lipinski definition) is 3. The van der Waals surface area contributed by atoms with Crippen LogP contribution < -0.4 is 11.1 Å². The molecule has 4 heteroatoms. The van der Waals surface area contributed by atoms with Crippen molar-refractivity contribution >= 4 is 21.6 Å². The van der Waals surface area contributed by atoms with Crippen LogP contribution in [0.5, 0.6) is 0 Å². The van der Waals surface area contributed by atoms with Crippen molar-refractivity contribution in [1.29, 1.82) is 0 Å². The van der Waals surface area contributed by atoms with Crippen LogP contribution in [0.25, 0.3) is 0 Å². The lowest BCUT2D eigenvalue weighted by molar-refractivity contribution is 0.150. The summed E-state index contributed by atoms with van der Waals surface area (Å²) in [7, 11) is 1.74. The van der Waals surface area contributed by atoms with E-state index in [0.29, 0.717) is 0 Å². The van der Waals surface area contributed by atoms with E-state index in [9.17, 15) is 0 Å². The fourth-order valence-electron chi connectivity index (χ4n) is 1.73. The lowest BCUT2D eigenvalue weighted by atomic mass is 9.89. The van der Waals surface area contributed by atoms with Gasteiger partial charge in [0.1, 0.15) is 0 Å². The third-order valence-corrected chi connectivity index (χ3v) is 3.75. The van der Waals surface area contributed by atoms with Gasteiger partial charge >= 0.3 is 0 Å². The van der Waals surface area contributed by atoms with Crippen LogP contribution >= 0.6 is 15.9 Å². The smallest absolute Gasteiger partial charge is 0.0467 e. The second-order valence-electron chi connectivity index (χ2n) is 5.36. The summed E-state index contributed by atoms with van der Waals surface area (Å²) >= 11 is 3.54. The standard InChI is InChI=1S/C14H23BrN2O/c1-14(2,6-7-18-3)10-17-9-11-8-12(16)4-5-13(11)15/h4-5,8,17H,6-7,9-10,16H2,1-3H3. The number of nitrogens with one attached hydrogen (secondary N) is 1. The molecular formula is C14H23BrN2O. The Labute approximate surface area is 118 Å². The number of nitrogens with two attached hydrogens (primary N) is 1. The van der Waals surface area contributed by atoms with Gasteiger partial charge in [0.2, 0.25) is 0 Å². The molecule has 102 valence electrons. The number of benzene rings is 1. The van der Waals surface area contributed by atoms with Gasteiger partial charge in [-0.05, 0) is 35.6 Å². The lowest BCUT2D eigenvalue weighted by Crippen LogP contribution is -2.30. The second kappa shape index (κ2) is 7.12. The van der Waals surface area contributed by atoms with Gasteiger partial charge in [0, 0.05) is 37.0 Å². The first-order valence-electron chi connectivity index (χ1n) is 6.18. The minimum atomic E-state index is 0.239. The highest BCUT2D eigenvalue weighted by molar-refractivity contribution is 9.10. The van der Waals surface area contributed by atoms with Gasteiger partial charge in [-0.3, -0.25) is 0 Å². The first-order chi connectivity index (χ1) is 8.44. The minimum absolute atomic E-state index is 0.239. The van der Waals surface area contributed by atoms with Crippen LogP contribution in [0.4, 0.5) is 5.69 Å². The molecule has 0 heterocycles. The average molecular weight is 315 g/mol. The first kappa shape index (κ1) is 15.5. The molecule has 3 nitrogen and oxygen atoms in total. The number of methoxy groups -OCH3 is 1. The Morgan fingerprint density at radius 2 is 2.11 bits per heavy atom. The summed E-state index contributed by atoms with van der Waals surface area (Å²) in [6.07, 6.45) is 1.05. The van der Waals surface area contributed by atoms with Gasteiger partial charge in [0.05, 0.1) is 0 Å². The van der Waals surface area contributed by atoms with Crippen molar-refractivity contribution in [2.45, 2.75) is 26.8 Å². The maximum Gasteiger partial charge on any atom is 0.0467 e. The lowest BCUT2D eigenvalue weighted by Gasteiger charge is -2.24. The maximum absolute atomic E-state index is 5.79. The molecule has 0 amide bonds. The van der Waals surface area contributed by atoms with E-state index in [1.165, 1.54) is 5.56 Å². The zero-order valence-corrected chi connectivity index (χ0v) is 13.0. The quantitative estimate of drug-likeness (QED) is 0.760. The van der Waals surface area contributed by atoms with Gasteiger partial charge in [-0.1, -0.05) is 29.8 Å². The predicted molar refractivity (Wildman–Crippen MR) is 80.5 cm³/mol.